The van der Waals surface area contributed by atoms with Crippen LogP contribution in [0.2, 0.25) is 5.02 Å². The Balaban J connectivity index is 1.34. The SMILES string of the molecule is O=C(C[C@@H]1CC[C@H]2[C@@H](COC[C@H](O)CN2Cc2ccccc2)O1)NCc1ccccc1Cl. The van der Waals surface area contributed by atoms with Crippen LogP contribution in [0.15, 0.2) is 54.6 Å². The van der Waals surface area contributed by atoms with Crippen molar-refractivity contribution in [2.75, 3.05) is 19.8 Å². The zero-order valence-corrected chi connectivity index (χ0v) is 18.9. The molecule has 0 saturated carbocycles. The largest absolute Gasteiger partial charge is 0.389 e. The molecule has 7 heteroatoms. The van der Waals surface area contributed by atoms with Gasteiger partial charge >= 0.3 is 0 Å². The zero-order chi connectivity index (χ0) is 22.3. The molecule has 4 rings (SSSR count). The molecule has 2 aliphatic rings. The highest BCUT2D eigenvalue weighted by Gasteiger charge is 2.38. The molecule has 2 saturated heterocycles. The Bertz CT molecular complexity index is 881. The van der Waals surface area contributed by atoms with Gasteiger partial charge in [0, 0.05) is 30.7 Å². The predicted molar refractivity (Wildman–Crippen MR) is 123 cm³/mol. The fourth-order valence-corrected chi connectivity index (χ4v) is 4.76. The lowest BCUT2D eigenvalue weighted by Crippen LogP contribution is -2.55. The van der Waals surface area contributed by atoms with E-state index in [1.54, 1.807) is 0 Å². The lowest BCUT2D eigenvalue weighted by atomic mass is 9.94. The van der Waals surface area contributed by atoms with Crippen LogP contribution in [0.25, 0.3) is 0 Å². The Hall–Kier alpha value is -1.96. The monoisotopic (exact) mass is 458 g/mol. The third-order valence-corrected chi connectivity index (χ3v) is 6.53. The lowest BCUT2D eigenvalue weighted by Gasteiger charge is -2.44. The summed E-state index contributed by atoms with van der Waals surface area (Å²) in [5.41, 5.74) is 2.11. The van der Waals surface area contributed by atoms with E-state index in [-0.39, 0.29) is 24.2 Å². The summed E-state index contributed by atoms with van der Waals surface area (Å²) in [6.07, 6.45) is 1.22. The van der Waals surface area contributed by atoms with Crippen molar-refractivity contribution < 1.29 is 19.4 Å². The molecular weight excluding hydrogens is 428 g/mol. The molecule has 2 heterocycles. The number of carbonyl (C=O) groups is 1. The Morgan fingerprint density at radius 2 is 1.88 bits per heavy atom. The van der Waals surface area contributed by atoms with Gasteiger partial charge in [-0.3, -0.25) is 9.69 Å². The molecule has 4 atom stereocenters. The van der Waals surface area contributed by atoms with E-state index in [2.05, 4.69) is 22.3 Å². The van der Waals surface area contributed by atoms with Gasteiger partial charge in [-0.05, 0) is 30.0 Å². The standard InChI is InChI=1S/C25H31ClN2O4/c26-22-9-5-4-8-19(22)13-27-25(30)12-21-10-11-23-24(32-21)17-31-16-20(29)15-28(23)14-18-6-2-1-3-7-18/h1-9,20-21,23-24,29H,10-17H2,(H,27,30)/t20-,21+,23+,24-/m1/s1. The number of amides is 1. The highest BCUT2D eigenvalue weighted by molar-refractivity contribution is 6.31. The van der Waals surface area contributed by atoms with Gasteiger partial charge in [-0.15, -0.1) is 0 Å². The summed E-state index contributed by atoms with van der Waals surface area (Å²) < 4.78 is 12.1. The van der Waals surface area contributed by atoms with Gasteiger partial charge in [0.1, 0.15) is 0 Å². The summed E-state index contributed by atoms with van der Waals surface area (Å²) in [5.74, 6) is -0.0447. The van der Waals surface area contributed by atoms with Crippen LogP contribution in [0, 0.1) is 0 Å². The maximum atomic E-state index is 12.5. The van der Waals surface area contributed by atoms with Gasteiger partial charge in [-0.1, -0.05) is 60.1 Å². The van der Waals surface area contributed by atoms with E-state index < -0.39 is 6.10 Å². The van der Waals surface area contributed by atoms with Crippen molar-refractivity contribution in [1.82, 2.24) is 10.2 Å². The first-order chi connectivity index (χ1) is 15.6. The molecule has 2 N–H and O–H groups in total. The van der Waals surface area contributed by atoms with Crippen LogP contribution in [-0.2, 0) is 27.4 Å². The van der Waals surface area contributed by atoms with E-state index >= 15 is 0 Å². The number of hydrogen-bond acceptors (Lipinski definition) is 5. The molecule has 0 bridgehead atoms. The predicted octanol–water partition coefficient (Wildman–Crippen LogP) is 3.16. The van der Waals surface area contributed by atoms with Gasteiger partial charge in [0.15, 0.2) is 0 Å². The molecule has 2 aromatic carbocycles. The minimum absolute atomic E-state index is 0.0447. The molecule has 1 amide bonds. The van der Waals surface area contributed by atoms with Crippen molar-refractivity contribution in [2.45, 2.75) is 56.7 Å². The first-order valence-electron chi connectivity index (χ1n) is 11.3. The van der Waals surface area contributed by atoms with Gasteiger partial charge in [0.05, 0.1) is 37.9 Å². The summed E-state index contributed by atoms with van der Waals surface area (Å²) in [6, 6.07) is 17.9. The first kappa shape index (κ1) is 23.2. The van der Waals surface area contributed by atoms with Crippen LogP contribution in [0.1, 0.15) is 30.4 Å². The van der Waals surface area contributed by atoms with Crippen LogP contribution in [0.5, 0.6) is 0 Å². The third-order valence-electron chi connectivity index (χ3n) is 6.16. The molecular formula is C25H31ClN2O4. The number of aliphatic hydroxyl groups excluding tert-OH is 1. The highest BCUT2D eigenvalue weighted by atomic mass is 35.5. The van der Waals surface area contributed by atoms with Gasteiger partial charge in [-0.25, -0.2) is 0 Å². The molecule has 0 spiro atoms. The van der Waals surface area contributed by atoms with Crippen LogP contribution in [-0.4, -0.2) is 60.0 Å². The van der Waals surface area contributed by atoms with Crippen LogP contribution < -0.4 is 5.32 Å². The summed E-state index contributed by atoms with van der Waals surface area (Å²) in [4.78, 5) is 14.8. The molecule has 0 aromatic heterocycles. The second-order valence-corrected chi connectivity index (χ2v) is 9.03. The molecule has 0 unspecified atom stereocenters. The van der Waals surface area contributed by atoms with Crippen LogP contribution in [0.3, 0.4) is 0 Å². The number of β-amino-alcohol motifs (C(OH)–C–C–N with tert-alkyl or cyclic N) is 1. The van der Waals surface area contributed by atoms with Crippen molar-refractivity contribution in [1.29, 1.82) is 0 Å². The number of nitrogens with zero attached hydrogens (tertiary/aromatic N) is 1. The number of halogens is 1. The van der Waals surface area contributed by atoms with Crippen molar-refractivity contribution >= 4 is 17.5 Å². The fraction of sp³-hybridized carbons (Fsp3) is 0.480. The van der Waals surface area contributed by atoms with Crippen LogP contribution >= 0.6 is 11.6 Å². The van der Waals surface area contributed by atoms with Gasteiger partial charge in [0.2, 0.25) is 5.91 Å². The average molecular weight is 459 g/mol. The number of nitrogens with one attached hydrogen (secondary N) is 1. The van der Waals surface area contributed by atoms with Crippen molar-refractivity contribution in [3.8, 4) is 0 Å². The Kier molecular flexibility index (Phi) is 8.16. The van der Waals surface area contributed by atoms with E-state index in [9.17, 15) is 9.90 Å². The smallest absolute Gasteiger partial charge is 0.222 e. The van der Waals surface area contributed by atoms with E-state index in [0.717, 1.165) is 24.9 Å². The van der Waals surface area contributed by atoms with E-state index in [1.165, 1.54) is 5.56 Å². The molecule has 0 radical (unpaired) electrons. The van der Waals surface area contributed by atoms with Crippen molar-refractivity contribution in [2.24, 2.45) is 0 Å². The summed E-state index contributed by atoms with van der Waals surface area (Å²) in [5, 5.41) is 13.9. The first-order valence-corrected chi connectivity index (χ1v) is 11.7. The van der Waals surface area contributed by atoms with Gasteiger partial charge in [-0.2, -0.15) is 0 Å². The Labute approximate surface area is 194 Å². The summed E-state index contributed by atoms with van der Waals surface area (Å²) >= 11 is 6.17. The Morgan fingerprint density at radius 3 is 2.69 bits per heavy atom. The molecule has 0 aliphatic carbocycles. The summed E-state index contributed by atoms with van der Waals surface area (Å²) in [7, 11) is 0. The third kappa shape index (κ3) is 6.30. The lowest BCUT2D eigenvalue weighted by molar-refractivity contribution is -0.158. The number of rotatable bonds is 6. The average Bonchev–Trinajstić information content (AvgIpc) is 2.78. The van der Waals surface area contributed by atoms with E-state index in [4.69, 9.17) is 21.1 Å². The molecule has 2 fully saturated rings. The quantitative estimate of drug-likeness (QED) is 0.695. The molecule has 6 nitrogen and oxygen atoms in total. The summed E-state index contributed by atoms with van der Waals surface area (Å²) in [6.45, 7) is 2.42. The number of aliphatic hydroxyl groups is 1. The number of fused-ring (bicyclic) bond motifs is 1. The number of hydrogen-bond donors (Lipinski definition) is 2. The number of benzene rings is 2. The number of ether oxygens (including phenoxy) is 2. The van der Waals surface area contributed by atoms with Gasteiger partial charge < -0.3 is 19.9 Å². The van der Waals surface area contributed by atoms with E-state index in [1.807, 2.05) is 42.5 Å². The highest BCUT2D eigenvalue weighted by Crippen LogP contribution is 2.28. The Morgan fingerprint density at radius 1 is 1.09 bits per heavy atom. The minimum atomic E-state index is -0.520. The molecule has 32 heavy (non-hydrogen) atoms. The zero-order valence-electron chi connectivity index (χ0n) is 18.2. The second-order valence-electron chi connectivity index (χ2n) is 8.62. The van der Waals surface area contributed by atoms with E-state index in [0.29, 0.717) is 37.7 Å². The fourth-order valence-electron chi connectivity index (χ4n) is 4.56. The topological polar surface area (TPSA) is 71.0 Å². The molecule has 172 valence electrons. The second kappa shape index (κ2) is 11.3. The van der Waals surface area contributed by atoms with Gasteiger partial charge in [0.25, 0.3) is 0 Å². The van der Waals surface area contributed by atoms with Crippen LogP contribution in [0.4, 0.5) is 0 Å². The molecule has 2 aromatic rings. The molecule has 2 aliphatic heterocycles. The normalized spacial score (nSPS) is 26.6. The maximum absolute atomic E-state index is 12.5. The minimum Gasteiger partial charge on any atom is -0.389 e. The van der Waals surface area contributed by atoms with Crippen molar-refractivity contribution in [3.05, 3.63) is 70.7 Å². The number of carbonyl (C=O) groups excluding carboxylic acids is 1. The van der Waals surface area contributed by atoms with Crippen molar-refractivity contribution in [3.63, 3.8) is 0 Å². The maximum Gasteiger partial charge on any atom is 0.222 e.